The molecule has 0 aliphatic carbocycles. The van der Waals surface area contributed by atoms with Crippen LogP contribution in [0.1, 0.15) is 19.8 Å². The number of halogens is 1. The van der Waals surface area contributed by atoms with Gasteiger partial charge in [-0.3, -0.25) is 0 Å². The normalized spacial score (nSPS) is 18.2. The van der Waals surface area contributed by atoms with Crippen molar-refractivity contribution in [3.63, 3.8) is 0 Å². The molecule has 2 heterocycles. The summed E-state index contributed by atoms with van der Waals surface area (Å²) in [5.74, 6) is 1.56. The van der Waals surface area contributed by atoms with Gasteiger partial charge in [0.15, 0.2) is 0 Å². The first-order chi connectivity index (χ1) is 8.28. The van der Waals surface area contributed by atoms with Gasteiger partial charge in [0.2, 0.25) is 0 Å². The van der Waals surface area contributed by atoms with E-state index in [-0.39, 0.29) is 0 Å². The molecule has 1 aromatic heterocycles. The van der Waals surface area contributed by atoms with Crippen LogP contribution >= 0.6 is 11.6 Å². The van der Waals surface area contributed by atoms with Crippen LogP contribution in [0.2, 0.25) is 5.15 Å². The molecule has 0 unspecified atom stereocenters. The van der Waals surface area contributed by atoms with Crippen LogP contribution in [-0.4, -0.2) is 41.0 Å². The van der Waals surface area contributed by atoms with E-state index >= 15 is 0 Å². The van der Waals surface area contributed by atoms with Gasteiger partial charge in [0.1, 0.15) is 17.3 Å². The Balaban J connectivity index is 1.76. The van der Waals surface area contributed by atoms with Crippen molar-refractivity contribution >= 4 is 17.4 Å². The van der Waals surface area contributed by atoms with Crippen LogP contribution in [-0.2, 0) is 0 Å². The predicted octanol–water partition coefficient (Wildman–Crippen LogP) is 2.27. The smallest absolute Gasteiger partial charge is 0.134 e. The topological polar surface area (TPSA) is 41.0 Å². The monoisotopic (exact) mass is 254 g/mol. The van der Waals surface area contributed by atoms with Crippen molar-refractivity contribution in [2.45, 2.75) is 19.8 Å². The van der Waals surface area contributed by atoms with Crippen LogP contribution in [0.3, 0.4) is 0 Å². The van der Waals surface area contributed by atoms with E-state index in [9.17, 15) is 0 Å². The highest BCUT2D eigenvalue weighted by molar-refractivity contribution is 6.29. The first-order valence-electron chi connectivity index (χ1n) is 6.21. The minimum atomic E-state index is 0.489. The highest BCUT2D eigenvalue weighted by Crippen LogP contribution is 2.17. The lowest BCUT2D eigenvalue weighted by molar-refractivity contribution is 0.198. The highest BCUT2D eigenvalue weighted by Gasteiger charge is 2.17. The summed E-state index contributed by atoms with van der Waals surface area (Å²) in [4.78, 5) is 10.5. The molecule has 0 radical (unpaired) electrons. The molecule has 1 aliphatic heterocycles. The molecule has 17 heavy (non-hydrogen) atoms. The number of likely N-dealkylation sites (tertiary alicyclic amines) is 1. The molecule has 2 rings (SSSR count). The Morgan fingerprint density at radius 2 is 2.18 bits per heavy atom. The third-order valence-corrected chi connectivity index (χ3v) is 3.57. The molecule has 94 valence electrons. The van der Waals surface area contributed by atoms with Gasteiger partial charge in [-0.15, -0.1) is 0 Å². The Bertz CT molecular complexity index is 350. The summed E-state index contributed by atoms with van der Waals surface area (Å²) in [6.07, 6.45) is 4.02. The largest absolute Gasteiger partial charge is 0.370 e. The summed E-state index contributed by atoms with van der Waals surface area (Å²) in [5.41, 5.74) is 0. The average molecular weight is 255 g/mol. The van der Waals surface area contributed by atoms with Gasteiger partial charge in [-0.25, -0.2) is 9.97 Å². The summed E-state index contributed by atoms with van der Waals surface area (Å²) < 4.78 is 0. The average Bonchev–Trinajstić information content (AvgIpc) is 2.37. The number of piperidine rings is 1. The van der Waals surface area contributed by atoms with Gasteiger partial charge in [0, 0.05) is 12.6 Å². The van der Waals surface area contributed by atoms with E-state index in [2.05, 4.69) is 27.1 Å². The van der Waals surface area contributed by atoms with Crippen molar-refractivity contribution in [2.24, 2.45) is 5.92 Å². The molecule has 1 N–H and O–H groups in total. The second-order valence-corrected chi connectivity index (χ2v) is 4.87. The van der Waals surface area contributed by atoms with Crippen LogP contribution in [0.25, 0.3) is 0 Å². The molecule has 1 aliphatic rings. The maximum absolute atomic E-state index is 5.81. The Kier molecular flexibility index (Phi) is 4.57. The van der Waals surface area contributed by atoms with Crippen molar-refractivity contribution in [1.82, 2.24) is 14.9 Å². The Morgan fingerprint density at radius 1 is 1.41 bits per heavy atom. The molecule has 0 bridgehead atoms. The van der Waals surface area contributed by atoms with Crippen LogP contribution in [0.4, 0.5) is 5.82 Å². The molecular weight excluding hydrogens is 236 g/mol. The fourth-order valence-electron chi connectivity index (χ4n) is 2.19. The van der Waals surface area contributed by atoms with Crippen molar-refractivity contribution in [2.75, 3.05) is 31.5 Å². The van der Waals surface area contributed by atoms with Crippen LogP contribution in [0.5, 0.6) is 0 Å². The predicted molar refractivity (Wildman–Crippen MR) is 70.4 cm³/mol. The van der Waals surface area contributed by atoms with Crippen LogP contribution < -0.4 is 5.32 Å². The van der Waals surface area contributed by atoms with E-state index in [0.29, 0.717) is 5.15 Å². The van der Waals surface area contributed by atoms with Gasteiger partial charge in [-0.1, -0.05) is 18.5 Å². The van der Waals surface area contributed by atoms with E-state index in [1.54, 1.807) is 6.07 Å². The molecule has 0 saturated carbocycles. The molecule has 1 saturated heterocycles. The zero-order chi connectivity index (χ0) is 12.1. The zero-order valence-electron chi connectivity index (χ0n) is 10.2. The first-order valence-corrected chi connectivity index (χ1v) is 6.59. The molecule has 0 atom stereocenters. The minimum Gasteiger partial charge on any atom is -0.370 e. The number of rotatable bonds is 4. The van der Waals surface area contributed by atoms with E-state index in [1.807, 2.05) is 0 Å². The van der Waals surface area contributed by atoms with Crippen molar-refractivity contribution < 1.29 is 0 Å². The number of hydrogen-bond donors (Lipinski definition) is 1. The van der Waals surface area contributed by atoms with E-state index in [0.717, 1.165) is 18.3 Å². The van der Waals surface area contributed by atoms with Crippen LogP contribution in [0.15, 0.2) is 12.4 Å². The third kappa shape index (κ3) is 3.82. The molecular formula is C12H19ClN4. The number of nitrogens with one attached hydrogen (secondary N) is 1. The van der Waals surface area contributed by atoms with Gasteiger partial charge in [-0.2, -0.15) is 0 Å². The summed E-state index contributed by atoms with van der Waals surface area (Å²) in [5, 5.41) is 3.82. The zero-order valence-corrected chi connectivity index (χ0v) is 11.0. The molecule has 0 spiro atoms. The molecule has 1 fully saturated rings. The van der Waals surface area contributed by atoms with Gasteiger partial charge in [0.05, 0.1) is 0 Å². The summed E-state index contributed by atoms with van der Waals surface area (Å²) in [7, 11) is 0. The molecule has 4 nitrogen and oxygen atoms in total. The molecule has 0 amide bonds. The van der Waals surface area contributed by atoms with Gasteiger partial charge < -0.3 is 10.2 Å². The second-order valence-electron chi connectivity index (χ2n) is 4.48. The van der Waals surface area contributed by atoms with Crippen molar-refractivity contribution in [3.05, 3.63) is 17.5 Å². The first kappa shape index (κ1) is 12.6. The standard InChI is InChI=1S/C12H19ClN4/c1-2-17-5-3-10(4-6-17)8-14-12-7-11(13)15-9-16-12/h7,9-10H,2-6,8H2,1H3,(H,14,15,16). The number of nitrogens with zero attached hydrogens (tertiary/aromatic N) is 3. The Labute approximate surface area is 107 Å². The lowest BCUT2D eigenvalue weighted by Crippen LogP contribution is -2.35. The molecule has 5 heteroatoms. The maximum atomic E-state index is 5.81. The summed E-state index contributed by atoms with van der Waals surface area (Å²) in [6.45, 7) is 6.80. The number of hydrogen-bond acceptors (Lipinski definition) is 4. The highest BCUT2D eigenvalue weighted by atomic mass is 35.5. The number of aromatic nitrogens is 2. The summed E-state index contributed by atoms with van der Waals surface area (Å²) in [6, 6.07) is 1.77. The van der Waals surface area contributed by atoms with Crippen molar-refractivity contribution in [3.8, 4) is 0 Å². The molecule has 0 aromatic carbocycles. The quantitative estimate of drug-likeness (QED) is 0.837. The minimum absolute atomic E-state index is 0.489. The Hall–Kier alpha value is -0.870. The lowest BCUT2D eigenvalue weighted by Gasteiger charge is -2.31. The summed E-state index contributed by atoms with van der Waals surface area (Å²) >= 11 is 5.81. The van der Waals surface area contributed by atoms with Gasteiger partial charge in [0.25, 0.3) is 0 Å². The van der Waals surface area contributed by atoms with Crippen LogP contribution in [0, 0.1) is 5.92 Å². The van der Waals surface area contributed by atoms with Gasteiger partial charge >= 0.3 is 0 Å². The third-order valence-electron chi connectivity index (χ3n) is 3.36. The van der Waals surface area contributed by atoms with Crippen molar-refractivity contribution in [1.29, 1.82) is 0 Å². The number of anilines is 1. The lowest BCUT2D eigenvalue weighted by atomic mass is 9.97. The van der Waals surface area contributed by atoms with E-state index in [1.165, 1.54) is 38.8 Å². The second kappa shape index (κ2) is 6.17. The maximum Gasteiger partial charge on any atom is 0.134 e. The van der Waals surface area contributed by atoms with Gasteiger partial charge in [-0.05, 0) is 38.4 Å². The van der Waals surface area contributed by atoms with E-state index in [4.69, 9.17) is 11.6 Å². The SMILES string of the molecule is CCN1CCC(CNc2cc(Cl)ncn2)CC1. The molecule has 1 aromatic rings. The Morgan fingerprint density at radius 3 is 2.82 bits per heavy atom. The van der Waals surface area contributed by atoms with E-state index < -0.39 is 0 Å². The fourth-order valence-corrected chi connectivity index (χ4v) is 2.33. The fraction of sp³-hybridized carbons (Fsp3) is 0.667.